The van der Waals surface area contributed by atoms with Crippen LogP contribution in [0.1, 0.15) is 0 Å². The van der Waals surface area contributed by atoms with Crippen LogP contribution in [0.2, 0.25) is 4.24 Å². The van der Waals surface area contributed by atoms with Crippen LogP contribution >= 0.6 is 0 Å². The molecule has 33 heavy (non-hydrogen) atoms. The Hall–Kier alpha value is -4.71. The lowest BCUT2D eigenvalue weighted by Crippen LogP contribution is -2.14. The maximum atomic E-state index is 13.9. The van der Waals surface area contributed by atoms with Gasteiger partial charge in [0.2, 0.25) is 0 Å². The van der Waals surface area contributed by atoms with Gasteiger partial charge >= 0.3 is 0 Å². The molecule has 3 aromatic heterocycles. The lowest BCUT2D eigenvalue weighted by molar-refractivity contribution is 1.44. The predicted molar refractivity (Wildman–Crippen MR) is 133 cm³/mol. The zero-order valence-electron chi connectivity index (χ0n) is 20.0. The number of aromatic amines is 3. The summed E-state index contributed by atoms with van der Waals surface area (Å²) in [5.74, 6) is 0. The second kappa shape index (κ2) is 6.17. The van der Waals surface area contributed by atoms with Gasteiger partial charge in [-0.1, -0.05) is 36.4 Å². The van der Waals surface area contributed by atoms with Gasteiger partial charge in [-0.3, -0.25) is 14.4 Å². The van der Waals surface area contributed by atoms with Gasteiger partial charge in [-0.15, -0.1) is 0 Å². The molecule has 6 heteroatoms. The molecule has 0 amide bonds. The molecule has 4 aromatic carbocycles. The Morgan fingerprint density at radius 3 is 1.03 bits per heavy atom. The zero-order valence-corrected chi connectivity index (χ0v) is 17.0. The van der Waals surface area contributed by atoms with E-state index in [0.717, 1.165) is 14.9 Å². The molecule has 156 valence electrons. The summed E-state index contributed by atoms with van der Waals surface area (Å²) >= 11 is 0. The Morgan fingerprint density at radius 2 is 0.727 bits per heavy atom. The summed E-state index contributed by atoms with van der Waals surface area (Å²) in [5, 5.41) is 0.471. The predicted octanol–water partition coefficient (Wildman–Crippen LogP) is 4.67. The lowest BCUT2D eigenvalue weighted by Gasteiger charge is -2.13. The summed E-state index contributed by atoms with van der Waals surface area (Å²) < 4.78 is 26.9. The van der Waals surface area contributed by atoms with Gasteiger partial charge < -0.3 is 14.9 Å². The molecule has 0 aliphatic carbocycles. The van der Waals surface area contributed by atoms with E-state index in [-0.39, 0.29) is 65.4 Å². The standard InChI is InChI=1S/C27H15N3O3/c31-25-13-7-1-4-10-16(13)28-22-19(25)23-21(27(33)14-8-2-5-11-17(14)29-23)24-20(22)26(32)15-9-3-6-12-18(15)30-24/h1-12H,(H,28,31)(H,29,33)(H,30,32)/i/hD3. The van der Waals surface area contributed by atoms with Crippen molar-refractivity contribution in [2.75, 3.05) is 0 Å². The van der Waals surface area contributed by atoms with Crippen LogP contribution < -0.4 is 16.3 Å². The van der Waals surface area contributed by atoms with E-state index in [1.54, 1.807) is 72.8 Å². The quantitative estimate of drug-likeness (QED) is 0.240. The van der Waals surface area contributed by atoms with Crippen molar-refractivity contribution in [3.8, 4) is 0 Å². The van der Waals surface area contributed by atoms with Crippen LogP contribution in [-0.4, -0.2) is 14.9 Å². The molecule has 0 fully saturated rings. The number of H-pyrrole nitrogens is 3. The van der Waals surface area contributed by atoms with Crippen molar-refractivity contribution in [1.82, 2.24) is 14.9 Å². The number of hydrogen-bond donors (Lipinski definition) is 3. The Balaban J connectivity index is 2.04. The number of fused-ring (bicyclic) bond motifs is 9. The number of pyridine rings is 3. The Labute approximate surface area is 188 Å². The second-order valence-corrected chi connectivity index (χ2v) is 8.05. The highest BCUT2D eigenvalue weighted by atomic mass is 16.1. The molecular weight excluding hydrogens is 414 g/mol. The first-order chi connectivity index (χ1) is 17.4. The Kier molecular flexibility index (Phi) is 2.83. The minimum atomic E-state index is -0.490. The van der Waals surface area contributed by atoms with Crippen molar-refractivity contribution in [2.24, 2.45) is 0 Å². The van der Waals surface area contributed by atoms with Gasteiger partial charge in [0.05, 0.1) is 32.7 Å². The van der Waals surface area contributed by atoms with E-state index in [1.807, 2.05) is 0 Å². The van der Waals surface area contributed by atoms with Gasteiger partial charge in [-0.25, -0.2) is 0 Å². The van der Waals surface area contributed by atoms with Crippen molar-refractivity contribution >= 4 is 65.4 Å². The summed E-state index contributed by atoms with van der Waals surface area (Å²) in [6, 6.07) is 19.6. The molecule has 3 N–H and O–H groups in total. The van der Waals surface area contributed by atoms with Crippen LogP contribution in [0, 0.1) is 0 Å². The molecule has 7 rings (SSSR count). The van der Waals surface area contributed by atoms with Gasteiger partial charge in [-0.2, -0.15) is 0 Å². The van der Waals surface area contributed by atoms with Crippen molar-refractivity contribution in [3.63, 3.8) is 0 Å². The van der Waals surface area contributed by atoms with Crippen LogP contribution in [0.3, 0.4) is 0 Å². The molecular formula is C27H15N3O3. The van der Waals surface area contributed by atoms with Crippen LogP contribution in [0.4, 0.5) is 0 Å². The number of aromatic nitrogens is 3. The van der Waals surface area contributed by atoms with Gasteiger partial charge in [0, 0.05) is 32.7 Å². The third-order valence-corrected chi connectivity index (χ3v) is 6.24. The smallest absolute Gasteiger partial charge is 0.199 e. The van der Waals surface area contributed by atoms with Gasteiger partial charge in [0.1, 0.15) is 0 Å². The van der Waals surface area contributed by atoms with E-state index >= 15 is 0 Å². The number of nitrogens with one attached hydrogen (secondary N) is 3. The van der Waals surface area contributed by atoms with E-state index < -0.39 is 16.3 Å². The molecule has 0 aliphatic heterocycles. The topological polar surface area (TPSA) is 98.6 Å². The van der Waals surface area contributed by atoms with Crippen molar-refractivity contribution < 1.29 is 4.24 Å². The molecule has 0 unspecified atom stereocenters. The largest absolute Gasteiger partial charge is 0.354 e. The fraction of sp³-hybridized carbons (Fsp3) is 0. The molecule has 0 spiro atoms. The fourth-order valence-corrected chi connectivity index (χ4v) is 4.75. The van der Waals surface area contributed by atoms with E-state index in [1.165, 1.54) is 0 Å². The molecule has 0 atom stereocenters. The Morgan fingerprint density at radius 1 is 0.455 bits per heavy atom. The molecule has 7 aromatic rings. The maximum absolute atomic E-state index is 13.9. The molecule has 0 radical (unpaired) electrons. The summed E-state index contributed by atoms with van der Waals surface area (Å²) in [5.41, 5.74) is -0.739. The second-order valence-electron chi connectivity index (χ2n) is 8.05. The van der Waals surface area contributed by atoms with Crippen LogP contribution in [0.5, 0.6) is 0 Å². The molecule has 0 aliphatic rings. The average Bonchev–Trinajstić information content (AvgIpc) is 2.92. The maximum Gasteiger partial charge on any atom is 0.199 e. The van der Waals surface area contributed by atoms with Crippen LogP contribution in [0.25, 0.3) is 65.4 Å². The summed E-state index contributed by atoms with van der Waals surface area (Å²) in [4.78, 5) is 44.7. The SMILES string of the molecule is [2H]n1c2ccccc2c(=O)c2c1c1c(=O)c3ccccc3n([2H])c1c1c(=O)c3ccccc3n([2H])c21. The van der Waals surface area contributed by atoms with Gasteiger partial charge in [0.15, 0.2) is 20.5 Å². The first-order valence-electron chi connectivity index (χ1n) is 11.8. The summed E-state index contributed by atoms with van der Waals surface area (Å²) in [6.07, 6.45) is 0. The van der Waals surface area contributed by atoms with E-state index in [9.17, 15) is 14.4 Å². The summed E-state index contributed by atoms with van der Waals surface area (Å²) in [7, 11) is 0. The number of hydrogen-bond acceptors (Lipinski definition) is 3. The minimum absolute atomic E-state index is 0.0337. The van der Waals surface area contributed by atoms with E-state index in [0.29, 0.717) is 0 Å². The third kappa shape index (κ3) is 2.24. The molecule has 0 saturated carbocycles. The molecule has 3 heterocycles. The summed E-state index contributed by atoms with van der Waals surface area (Å²) in [6.45, 7) is 0. The molecule has 6 nitrogen and oxygen atoms in total. The number of para-hydroxylation sites is 3. The first kappa shape index (κ1) is 15.2. The zero-order chi connectivity index (χ0) is 24.9. The van der Waals surface area contributed by atoms with Crippen molar-refractivity contribution in [1.29, 1.82) is 0 Å². The van der Waals surface area contributed by atoms with Crippen LogP contribution in [-0.2, 0) is 0 Å². The minimum Gasteiger partial charge on any atom is -0.354 e. The monoisotopic (exact) mass is 432 g/mol. The highest BCUT2D eigenvalue weighted by molar-refractivity contribution is 6.25. The number of benzene rings is 4. The van der Waals surface area contributed by atoms with Crippen molar-refractivity contribution in [3.05, 3.63) is 103 Å². The highest BCUT2D eigenvalue weighted by Crippen LogP contribution is 2.31. The Bertz CT molecular complexity index is 2030. The third-order valence-electron chi connectivity index (χ3n) is 6.24. The highest BCUT2D eigenvalue weighted by Gasteiger charge is 2.21. The molecule has 0 bridgehead atoms. The van der Waals surface area contributed by atoms with Crippen LogP contribution in [0.15, 0.2) is 87.2 Å². The fourth-order valence-electron chi connectivity index (χ4n) is 4.75. The van der Waals surface area contributed by atoms with E-state index in [2.05, 4.69) is 0 Å². The van der Waals surface area contributed by atoms with Crippen molar-refractivity contribution in [2.45, 2.75) is 0 Å². The number of rotatable bonds is 0. The normalized spacial score (nSPS) is 13.3. The van der Waals surface area contributed by atoms with E-state index in [4.69, 9.17) is 4.24 Å². The van der Waals surface area contributed by atoms with Gasteiger partial charge in [-0.05, 0) is 36.4 Å². The first-order valence-corrected chi connectivity index (χ1v) is 10.4. The lowest BCUT2D eigenvalue weighted by atomic mass is 9.98. The average molecular weight is 432 g/mol. The van der Waals surface area contributed by atoms with Gasteiger partial charge in [0.25, 0.3) is 0 Å². The molecule has 0 saturated heterocycles.